The molecule has 4 heteroatoms. The highest BCUT2D eigenvalue weighted by Crippen LogP contribution is 2.10. The SMILES string of the molecule is CCCNC(=O)COC1CCC(C)NC1. The average molecular weight is 214 g/mol. The molecule has 2 N–H and O–H groups in total. The zero-order chi connectivity index (χ0) is 11.1. The van der Waals surface area contributed by atoms with Gasteiger partial charge in [0.05, 0.1) is 6.10 Å². The summed E-state index contributed by atoms with van der Waals surface area (Å²) in [6.45, 7) is 6.00. The van der Waals surface area contributed by atoms with E-state index in [0.29, 0.717) is 6.04 Å². The molecule has 0 bridgehead atoms. The van der Waals surface area contributed by atoms with Gasteiger partial charge in [-0.05, 0) is 26.2 Å². The maximum absolute atomic E-state index is 11.3. The summed E-state index contributed by atoms with van der Waals surface area (Å²) in [6.07, 6.45) is 3.35. The molecule has 88 valence electrons. The zero-order valence-electron chi connectivity index (χ0n) is 9.71. The number of ether oxygens (including phenoxy) is 1. The molecule has 2 atom stereocenters. The third-order valence-corrected chi connectivity index (χ3v) is 2.64. The van der Waals surface area contributed by atoms with Crippen molar-refractivity contribution in [3.63, 3.8) is 0 Å². The number of hydrogen-bond acceptors (Lipinski definition) is 3. The third kappa shape index (κ3) is 5.14. The molecule has 1 rings (SSSR count). The highest BCUT2D eigenvalue weighted by atomic mass is 16.5. The van der Waals surface area contributed by atoms with Gasteiger partial charge in [0.15, 0.2) is 0 Å². The summed E-state index contributed by atoms with van der Waals surface area (Å²) in [5, 5.41) is 6.14. The second kappa shape index (κ2) is 6.80. The van der Waals surface area contributed by atoms with Crippen molar-refractivity contribution in [1.29, 1.82) is 0 Å². The number of piperidine rings is 1. The van der Waals surface area contributed by atoms with E-state index in [1.807, 2.05) is 6.92 Å². The first-order valence-corrected chi connectivity index (χ1v) is 5.84. The molecule has 0 radical (unpaired) electrons. The number of carbonyl (C=O) groups is 1. The minimum absolute atomic E-state index is 0.00419. The van der Waals surface area contributed by atoms with Crippen LogP contribution in [0.15, 0.2) is 0 Å². The van der Waals surface area contributed by atoms with Crippen LogP contribution in [0.25, 0.3) is 0 Å². The van der Waals surface area contributed by atoms with E-state index in [9.17, 15) is 4.79 Å². The molecule has 1 fully saturated rings. The lowest BCUT2D eigenvalue weighted by Gasteiger charge is -2.27. The topological polar surface area (TPSA) is 50.4 Å². The molecular formula is C11H22N2O2. The van der Waals surface area contributed by atoms with E-state index in [-0.39, 0.29) is 18.6 Å². The van der Waals surface area contributed by atoms with Gasteiger partial charge in [0, 0.05) is 19.1 Å². The quantitative estimate of drug-likeness (QED) is 0.707. The van der Waals surface area contributed by atoms with Gasteiger partial charge in [-0.15, -0.1) is 0 Å². The van der Waals surface area contributed by atoms with Crippen LogP contribution < -0.4 is 10.6 Å². The number of amides is 1. The number of rotatable bonds is 5. The van der Waals surface area contributed by atoms with E-state index >= 15 is 0 Å². The second-order valence-electron chi connectivity index (χ2n) is 4.17. The molecule has 1 aliphatic heterocycles. The van der Waals surface area contributed by atoms with Crippen LogP contribution in [0.3, 0.4) is 0 Å². The van der Waals surface area contributed by atoms with Crippen LogP contribution in [-0.2, 0) is 9.53 Å². The maximum Gasteiger partial charge on any atom is 0.246 e. The average Bonchev–Trinajstić information content (AvgIpc) is 2.25. The zero-order valence-corrected chi connectivity index (χ0v) is 9.71. The molecular weight excluding hydrogens is 192 g/mol. The van der Waals surface area contributed by atoms with E-state index in [2.05, 4.69) is 17.6 Å². The van der Waals surface area contributed by atoms with E-state index in [0.717, 1.165) is 32.4 Å². The first-order chi connectivity index (χ1) is 7.22. The number of carbonyl (C=O) groups excluding carboxylic acids is 1. The molecule has 0 aliphatic carbocycles. The molecule has 0 aromatic rings. The van der Waals surface area contributed by atoms with Crippen molar-refractivity contribution in [2.45, 2.75) is 45.3 Å². The Morgan fingerprint density at radius 3 is 2.93 bits per heavy atom. The normalized spacial score (nSPS) is 26.3. The van der Waals surface area contributed by atoms with Crippen molar-refractivity contribution in [1.82, 2.24) is 10.6 Å². The fourth-order valence-corrected chi connectivity index (χ4v) is 1.62. The highest BCUT2D eigenvalue weighted by Gasteiger charge is 2.18. The summed E-state index contributed by atoms with van der Waals surface area (Å²) < 4.78 is 5.52. The van der Waals surface area contributed by atoms with Crippen molar-refractivity contribution >= 4 is 5.91 Å². The van der Waals surface area contributed by atoms with Crippen molar-refractivity contribution in [2.24, 2.45) is 0 Å². The van der Waals surface area contributed by atoms with Crippen molar-refractivity contribution in [3.05, 3.63) is 0 Å². The Bertz CT molecular complexity index is 189. The lowest BCUT2D eigenvalue weighted by atomic mass is 10.0. The van der Waals surface area contributed by atoms with Gasteiger partial charge in [0.2, 0.25) is 5.91 Å². The largest absolute Gasteiger partial charge is 0.367 e. The van der Waals surface area contributed by atoms with Gasteiger partial charge in [0.25, 0.3) is 0 Å². The van der Waals surface area contributed by atoms with Crippen molar-refractivity contribution in [3.8, 4) is 0 Å². The predicted octanol–water partition coefficient (Wildman–Crippen LogP) is 0.670. The predicted molar refractivity (Wildman–Crippen MR) is 59.7 cm³/mol. The summed E-state index contributed by atoms with van der Waals surface area (Å²) in [5.41, 5.74) is 0. The minimum atomic E-state index is -0.00419. The highest BCUT2D eigenvalue weighted by molar-refractivity contribution is 5.77. The Kier molecular flexibility index (Phi) is 5.65. The van der Waals surface area contributed by atoms with Crippen molar-refractivity contribution in [2.75, 3.05) is 19.7 Å². The fourth-order valence-electron chi connectivity index (χ4n) is 1.62. The molecule has 0 saturated carbocycles. The van der Waals surface area contributed by atoms with Gasteiger partial charge in [-0.25, -0.2) is 0 Å². The molecule has 1 saturated heterocycles. The standard InChI is InChI=1S/C11H22N2O2/c1-3-6-12-11(14)8-15-10-5-4-9(2)13-7-10/h9-10,13H,3-8H2,1-2H3,(H,12,14). The van der Waals surface area contributed by atoms with E-state index in [1.54, 1.807) is 0 Å². The summed E-state index contributed by atoms with van der Waals surface area (Å²) >= 11 is 0. The summed E-state index contributed by atoms with van der Waals surface area (Å²) in [4.78, 5) is 11.3. The molecule has 0 aromatic carbocycles. The lowest BCUT2D eigenvalue weighted by molar-refractivity contribution is -0.128. The molecule has 1 amide bonds. The van der Waals surface area contributed by atoms with E-state index in [1.165, 1.54) is 0 Å². The Morgan fingerprint density at radius 2 is 2.33 bits per heavy atom. The van der Waals surface area contributed by atoms with Crippen LogP contribution in [0.5, 0.6) is 0 Å². The molecule has 2 unspecified atom stereocenters. The number of hydrogen-bond donors (Lipinski definition) is 2. The van der Waals surface area contributed by atoms with Gasteiger partial charge in [0.1, 0.15) is 6.61 Å². The summed E-state index contributed by atoms with van der Waals surface area (Å²) in [5.74, 6) is -0.00419. The smallest absolute Gasteiger partial charge is 0.246 e. The van der Waals surface area contributed by atoms with E-state index < -0.39 is 0 Å². The second-order valence-corrected chi connectivity index (χ2v) is 4.17. The molecule has 4 nitrogen and oxygen atoms in total. The van der Waals surface area contributed by atoms with Gasteiger partial charge in [-0.3, -0.25) is 4.79 Å². The molecule has 0 spiro atoms. The minimum Gasteiger partial charge on any atom is -0.367 e. The maximum atomic E-state index is 11.3. The Labute approximate surface area is 91.8 Å². The van der Waals surface area contributed by atoms with Crippen LogP contribution in [0.1, 0.15) is 33.1 Å². The van der Waals surface area contributed by atoms with Gasteiger partial charge in [-0.2, -0.15) is 0 Å². The first kappa shape index (κ1) is 12.5. The summed E-state index contributed by atoms with van der Waals surface area (Å²) in [7, 11) is 0. The Balaban J connectivity index is 2.06. The van der Waals surface area contributed by atoms with Crippen LogP contribution in [0.4, 0.5) is 0 Å². The van der Waals surface area contributed by atoms with Crippen molar-refractivity contribution < 1.29 is 9.53 Å². The third-order valence-electron chi connectivity index (χ3n) is 2.64. The molecule has 1 heterocycles. The fraction of sp³-hybridized carbons (Fsp3) is 0.909. The van der Waals surface area contributed by atoms with Gasteiger partial charge >= 0.3 is 0 Å². The molecule has 0 aromatic heterocycles. The van der Waals surface area contributed by atoms with Crippen LogP contribution in [0, 0.1) is 0 Å². The summed E-state index contributed by atoms with van der Waals surface area (Å²) in [6, 6.07) is 0.582. The number of nitrogens with one attached hydrogen (secondary N) is 2. The van der Waals surface area contributed by atoms with E-state index in [4.69, 9.17) is 4.74 Å². The Morgan fingerprint density at radius 1 is 1.53 bits per heavy atom. The van der Waals surface area contributed by atoms with Gasteiger partial charge < -0.3 is 15.4 Å². The lowest BCUT2D eigenvalue weighted by Crippen LogP contribution is -2.42. The first-order valence-electron chi connectivity index (χ1n) is 5.84. The van der Waals surface area contributed by atoms with Crippen LogP contribution in [-0.4, -0.2) is 37.7 Å². The Hall–Kier alpha value is -0.610. The van der Waals surface area contributed by atoms with Gasteiger partial charge in [-0.1, -0.05) is 6.92 Å². The molecule has 1 aliphatic rings. The molecule has 15 heavy (non-hydrogen) atoms. The van der Waals surface area contributed by atoms with Crippen LogP contribution in [0.2, 0.25) is 0 Å². The van der Waals surface area contributed by atoms with Crippen LogP contribution >= 0.6 is 0 Å². The monoisotopic (exact) mass is 214 g/mol.